The number of carbonyl (C=O) groups is 1. The Hall–Kier alpha value is -2.30. The second kappa shape index (κ2) is 5.14. The van der Waals surface area contributed by atoms with E-state index in [1.165, 1.54) is 12.1 Å². The van der Waals surface area contributed by atoms with E-state index in [9.17, 15) is 14.7 Å². The fourth-order valence-corrected chi connectivity index (χ4v) is 1.93. The van der Waals surface area contributed by atoms with Crippen LogP contribution in [0.2, 0.25) is 0 Å². The van der Waals surface area contributed by atoms with Crippen molar-refractivity contribution < 1.29 is 19.1 Å². The molecule has 1 aromatic carbocycles. The van der Waals surface area contributed by atoms with E-state index >= 15 is 0 Å². The van der Waals surface area contributed by atoms with Crippen LogP contribution < -0.4 is 5.63 Å². The Balaban J connectivity index is 2.58. The summed E-state index contributed by atoms with van der Waals surface area (Å²) >= 11 is 0. The number of ether oxygens (including phenoxy) is 1. The zero-order valence-electron chi connectivity index (χ0n) is 10.7. The van der Waals surface area contributed by atoms with Crippen LogP contribution in [-0.2, 0) is 16.0 Å². The maximum absolute atomic E-state index is 11.5. The molecule has 0 bridgehead atoms. The Morgan fingerprint density at radius 2 is 2.16 bits per heavy atom. The van der Waals surface area contributed by atoms with Crippen LogP contribution in [0.1, 0.15) is 18.1 Å². The highest BCUT2D eigenvalue weighted by Crippen LogP contribution is 2.27. The van der Waals surface area contributed by atoms with Crippen LogP contribution >= 0.6 is 0 Å². The fourth-order valence-electron chi connectivity index (χ4n) is 1.93. The number of phenolic OH excluding ortho intramolecular Hbond substituents is 1. The first-order valence-corrected chi connectivity index (χ1v) is 5.94. The van der Waals surface area contributed by atoms with Crippen molar-refractivity contribution in [2.45, 2.75) is 20.3 Å². The Labute approximate surface area is 109 Å². The molecule has 1 N–H and O–H groups in total. The van der Waals surface area contributed by atoms with Crippen molar-refractivity contribution in [3.8, 4) is 5.75 Å². The molecule has 0 spiro atoms. The third-order valence-corrected chi connectivity index (χ3v) is 2.86. The number of benzene rings is 1. The quantitative estimate of drug-likeness (QED) is 0.675. The van der Waals surface area contributed by atoms with E-state index in [0.29, 0.717) is 22.1 Å². The second-order valence-corrected chi connectivity index (χ2v) is 4.16. The molecule has 2 rings (SSSR count). The Morgan fingerprint density at radius 3 is 2.84 bits per heavy atom. The van der Waals surface area contributed by atoms with Crippen LogP contribution in [0.3, 0.4) is 0 Å². The smallest absolute Gasteiger partial charge is 0.336 e. The van der Waals surface area contributed by atoms with Gasteiger partial charge in [0.05, 0.1) is 13.0 Å². The summed E-state index contributed by atoms with van der Waals surface area (Å²) in [7, 11) is 0. The van der Waals surface area contributed by atoms with Gasteiger partial charge in [-0.05, 0) is 31.5 Å². The predicted octanol–water partition coefficient (Wildman–Crippen LogP) is 1.91. The van der Waals surface area contributed by atoms with Gasteiger partial charge in [-0.25, -0.2) is 4.79 Å². The van der Waals surface area contributed by atoms with Gasteiger partial charge in [-0.3, -0.25) is 4.79 Å². The normalized spacial score (nSPS) is 10.6. The van der Waals surface area contributed by atoms with Gasteiger partial charge < -0.3 is 14.3 Å². The Bertz CT molecular complexity index is 684. The summed E-state index contributed by atoms with van der Waals surface area (Å²) in [6.07, 6.45) is 0.000154. The number of phenols is 1. The van der Waals surface area contributed by atoms with E-state index in [4.69, 9.17) is 9.15 Å². The number of hydrogen-bond acceptors (Lipinski definition) is 5. The molecule has 0 amide bonds. The van der Waals surface area contributed by atoms with Gasteiger partial charge in [0.2, 0.25) is 0 Å². The van der Waals surface area contributed by atoms with E-state index in [-0.39, 0.29) is 18.8 Å². The number of esters is 1. The average Bonchev–Trinajstić information content (AvgIpc) is 2.34. The molecule has 0 aliphatic carbocycles. The van der Waals surface area contributed by atoms with Gasteiger partial charge >= 0.3 is 11.6 Å². The van der Waals surface area contributed by atoms with Gasteiger partial charge in [0.25, 0.3) is 0 Å². The zero-order chi connectivity index (χ0) is 14.0. The van der Waals surface area contributed by atoms with Crippen molar-refractivity contribution in [2.24, 2.45) is 0 Å². The lowest BCUT2D eigenvalue weighted by Gasteiger charge is -2.07. The summed E-state index contributed by atoms with van der Waals surface area (Å²) in [5.74, 6) is -0.357. The largest absolute Gasteiger partial charge is 0.508 e. The average molecular weight is 262 g/mol. The van der Waals surface area contributed by atoms with E-state index in [1.807, 2.05) is 0 Å². The molecule has 5 heteroatoms. The molecule has 2 aromatic rings. The van der Waals surface area contributed by atoms with Crippen LogP contribution in [0.4, 0.5) is 0 Å². The van der Waals surface area contributed by atoms with Crippen LogP contribution in [-0.4, -0.2) is 17.7 Å². The molecule has 1 heterocycles. The molecule has 0 saturated heterocycles. The fraction of sp³-hybridized carbons (Fsp3) is 0.286. The number of carbonyl (C=O) groups excluding carboxylic acids is 1. The van der Waals surface area contributed by atoms with Crippen molar-refractivity contribution >= 4 is 16.9 Å². The second-order valence-electron chi connectivity index (χ2n) is 4.16. The summed E-state index contributed by atoms with van der Waals surface area (Å²) in [5.41, 5.74) is 0.750. The number of fused-ring (bicyclic) bond motifs is 1. The summed E-state index contributed by atoms with van der Waals surface area (Å²) in [5, 5.41) is 10.2. The SMILES string of the molecule is CCOC(=O)Cc1cc(=O)oc2c(C)c(O)ccc12. The van der Waals surface area contributed by atoms with Gasteiger partial charge in [-0.2, -0.15) is 0 Å². The van der Waals surface area contributed by atoms with Crippen molar-refractivity contribution in [1.82, 2.24) is 0 Å². The Kier molecular flexibility index (Phi) is 3.55. The van der Waals surface area contributed by atoms with Gasteiger partial charge in [-0.1, -0.05) is 0 Å². The minimum Gasteiger partial charge on any atom is -0.508 e. The van der Waals surface area contributed by atoms with Gasteiger partial charge in [0.1, 0.15) is 11.3 Å². The molecule has 19 heavy (non-hydrogen) atoms. The first kappa shape index (κ1) is 13.1. The molecule has 0 aliphatic rings. The maximum atomic E-state index is 11.5. The highest BCUT2D eigenvalue weighted by Gasteiger charge is 2.13. The first-order chi connectivity index (χ1) is 9.02. The number of aromatic hydroxyl groups is 1. The van der Waals surface area contributed by atoms with E-state index in [2.05, 4.69) is 0 Å². The van der Waals surface area contributed by atoms with E-state index in [1.54, 1.807) is 19.9 Å². The molecule has 100 valence electrons. The first-order valence-electron chi connectivity index (χ1n) is 5.94. The number of rotatable bonds is 3. The van der Waals surface area contributed by atoms with Crippen molar-refractivity contribution in [1.29, 1.82) is 0 Å². The van der Waals surface area contributed by atoms with E-state index < -0.39 is 11.6 Å². The molecule has 0 saturated carbocycles. The summed E-state index contributed by atoms with van der Waals surface area (Å²) in [6, 6.07) is 4.40. The molecule has 0 aliphatic heterocycles. The number of hydrogen-bond donors (Lipinski definition) is 1. The van der Waals surface area contributed by atoms with Gasteiger partial charge in [0, 0.05) is 17.0 Å². The molecule has 0 atom stereocenters. The predicted molar refractivity (Wildman–Crippen MR) is 69.2 cm³/mol. The molecule has 0 radical (unpaired) electrons. The summed E-state index contributed by atoms with van der Waals surface area (Å²) < 4.78 is 9.96. The zero-order valence-corrected chi connectivity index (χ0v) is 10.7. The molecular formula is C14H14O5. The van der Waals surface area contributed by atoms with Crippen molar-refractivity contribution in [3.05, 3.63) is 39.7 Å². The lowest BCUT2D eigenvalue weighted by atomic mass is 10.0. The van der Waals surface area contributed by atoms with Crippen LogP contribution in [0, 0.1) is 6.92 Å². The van der Waals surface area contributed by atoms with Crippen LogP contribution in [0.5, 0.6) is 5.75 Å². The minimum absolute atomic E-state index is 0.000154. The highest BCUT2D eigenvalue weighted by molar-refractivity contribution is 5.88. The molecular weight excluding hydrogens is 248 g/mol. The number of aryl methyl sites for hydroxylation is 1. The maximum Gasteiger partial charge on any atom is 0.336 e. The van der Waals surface area contributed by atoms with Gasteiger partial charge in [-0.15, -0.1) is 0 Å². The molecule has 0 fully saturated rings. The minimum atomic E-state index is -0.555. The third-order valence-electron chi connectivity index (χ3n) is 2.86. The summed E-state index contributed by atoms with van der Waals surface area (Å²) in [4.78, 5) is 23.0. The lowest BCUT2D eigenvalue weighted by molar-refractivity contribution is -0.142. The standard InChI is InChI=1S/C14H14O5/c1-3-18-12(16)6-9-7-13(17)19-14-8(2)11(15)5-4-10(9)14/h4-5,7,15H,3,6H2,1-2H3. The third kappa shape index (κ3) is 2.59. The topological polar surface area (TPSA) is 76.7 Å². The van der Waals surface area contributed by atoms with Crippen molar-refractivity contribution in [2.75, 3.05) is 6.61 Å². The van der Waals surface area contributed by atoms with Crippen LogP contribution in [0.15, 0.2) is 27.4 Å². The van der Waals surface area contributed by atoms with Crippen LogP contribution in [0.25, 0.3) is 11.0 Å². The lowest BCUT2D eigenvalue weighted by Crippen LogP contribution is -2.10. The molecule has 5 nitrogen and oxygen atoms in total. The molecule has 1 aromatic heterocycles. The van der Waals surface area contributed by atoms with Crippen molar-refractivity contribution in [3.63, 3.8) is 0 Å². The highest BCUT2D eigenvalue weighted by atomic mass is 16.5. The molecule has 0 unspecified atom stereocenters. The Morgan fingerprint density at radius 1 is 1.42 bits per heavy atom. The van der Waals surface area contributed by atoms with Gasteiger partial charge in [0.15, 0.2) is 0 Å². The van der Waals surface area contributed by atoms with E-state index in [0.717, 1.165) is 0 Å². The summed E-state index contributed by atoms with van der Waals surface area (Å²) in [6.45, 7) is 3.66. The monoisotopic (exact) mass is 262 g/mol.